The van der Waals surface area contributed by atoms with Gasteiger partial charge < -0.3 is 10.4 Å². The fourth-order valence-corrected chi connectivity index (χ4v) is 4.85. The van der Waals surface area contributed by atoms with Crippen LogP contribution in [0.25, 0.3) is 27.7 Å². The van der Waals surface area contributed by atoms with E-state index < -0.39 is 12.0 Å². The molecule has 1 atom stereocenters. The third-order valence-corrected chi connectivity index (χ3v) is 6.96. The van der Waals surface area contributed by atoms with E-state index in [9.17, 15) is 19.1 Å². The zero-order chi connectivity index (χ0) is 28.5. The lowest BCUT2D eigenvalue weighted by molar-refractivity contribution is 0.0696. The van der Waals surface area contributed by atoms with Crippen LogP contribution in [0.3, 0.4) is 0 Å². The van der Waals surface area contributed by atoms with Crippen molar-refractivity contribution in [1.29, 1.82) is 0 Å². The summed E-state index contributed by atoms with van der Waals surface area (Å²) in [5.41, 5.74) is 4.57. The second-order valence-electron chi connectivity index (χ2n) is 9.73. The number of nitrogens with one attached hydrogen (secondary N) is 1. The van der Waals surface area contributed by atoms with E-state index in [2.05, 4.69) is 20.3 Å². The van der Waals surface area contributed by atoms with Gasteiger partial charge in [0, 0.05) is 18.0 Å². The summed E-state index contributed by atoms with van der Waals surface area (Å²) in [6, 6.07) is 23.4. The lowest BCUT2D eigenvalue weighted by Gasteiger charge is -2.17. The predicted octanol–water partition coefficient (Wildman–Crippen LogP) is 5.86. The van der Waals surface area contributed by atoms with Crippen molar-refractivity contribution in [1.82, 2.24) is 24.7 Å². The largest absolute Gasteiger partial charge is 0.478 e. The zero-order valence-electron chi connectivity index (χ0n) is 22.0. The van der Waals surface area contributed by atoms with Crippen LogP contribution < -0.4 is 5.32 Å². The van der Waals surface area contributed by atoms with Crippen molar-refractivity contribution in [2.45, 2.75) is 19.4 Å². The van der Waals surface area contributed by atoms with Gasteiger partial charge in [0.15, 0.2) is 5.65 Å². The van der Waals surface area contributed by atoms with Gasteiger partial charge in [-0.3, -0.25) is 9.20 Å². The van der Waals surface area contributed by atoms with Crippen molar-refractivity contribution in [3.05, 3.63) is 131 Å². The van der Waals surface area contributed by atoms with Crippen LogP contribution in [0.1, 0.15) is 50.9 Å². The van der Waals surface area contributed by atoms with E-state index in [-0.39, 0.29) is 17.3 Å². The number of benzene rings is 2. The number of imidazole rings is 1. The molecule has 0 saturated carbocycles. The number of hydrogen-bond donors (Lipinski definition) is 2. The van der Waals surface area contributed by atoms with Crippen molar-refractivity contribution in [2.75, 3.05) is 0 Å². The summed E-state index contributed by atoms with van der Waals surface area (Å²) in [6.45, 7) is 1.82. The number of carboxylic acid groups (broad SMARTS) is 1. The Morgan fingerprint density at radius 1 is 0.951 bits per heavy atom. The first kappa shape index (κ1) is 25.8. The first-order valence-corrected chi connectivity index (χ1v) is 13.0. The Hall–Kier alpha value is -5.44. The molecule has 2 aromatic carbocycles. The van der Waals surface area contributed by atoms with Gasteiger partial charge in [-0.1, -0.05) is 24.3 Å². The van der Waals surface area contributed by atoms with Gasteiger partial charge in [-0.05, 0) is 84.3 Å². The minimum absolute atomic E-state index is 0.164. The van der Waals surface area contributed by atoms with E-state index in [4.69, 9.17) is 0 Å². The Kier molecular flexibility index (Phi) is 6.68. The van der Waals surface area contributed by atoms with Gasteiger partial charge in [0.25, 0.3) is 5.91 Å². The van der Waals surface area contributed by atoms with Crippen molar-refractivity contribution in [3.8, 4) is 11.1 Å². The smallest absolute Gasteiger partial charge is 0.335 e. The van der Waals surface area contributed by atoms with Crippen LogP contribution in [0.4, 0.5) is 4.39 Å². The van der Waals surface area contributed by atoms with Gasteiger partial charge in [0.1, 0.15) is 17.3 Å². The Bertz CT molecular complexity index is 1930. The molecular weight excluding hydrogens is 521 g/mol. The van der Waals surface area contributed by atoms with Crippen molar-refractivity contribution >= 4 is 28.4 Å². The minimum Gasteiger partial charge on any atom is -0.478 e. The molecule has 6 rings (SSSR count). The molecule has 1 amide bonds. The number of carbonyl (C=O) groups is 2. The summed E-state index contributed by atoms with van der Waals surface area (Å²) in [7, 11) is 0. The molecule has 2 N–H and O–H groups in total. The molecule has 0 aliphatic heterocycles. The number of aromatic nitrogens is 4. The molecule has 41 heavy (non-hydrogen) atoms. The van der Waals surface area contributed by atoms with E-state index in [1.807, 2.05) is 37.3 Å². The summed E-state index contributed by atoms with van der Waals surface area (Å²) < 4.78 is 15.9. The van der Waals surface area contributed by atoms with Crippen molar-refractivity contribution < 1.29 is 19.1 Å². The summed E-state index contributed by atoms with van der Waals surface area (Å²) >= 11 is 0. The molecule has 0 bridgehead atoms. The topological polar surface area (TPSA) is 109 Å². The minimum atomic E-state index is -1.02. The maximum atomic E-state index is 14.1. The molecule has 202 valence electrons. The van der Waals surface area contributed by atoms with Gasteiger partial charge in [0.05, 0.1) is 29.0 Å². The zero-order valence-corrected chi connectivity index (χ0v) is 22.0. The highest BCUT2D eigenvalue weighted by Crippen LogP contribution is 2.26. The molecule has 9 heteroatoms. The quantitative estimate of drug-likeness (QED) is 0.260. The number of rotatable bonds is 7. The molecule has 0 radical (unpaired) electrons. The van der Waals surface area contributed by atoms with E-state index in [1.54, 1.807) is 47.1 Å². The van der Waals surface area contributed by atoms with Gasteiger partial charge in [-0.15, -0.1) is 0 Å². The summed E-state index contributed by atoms with van der Waals surface area (Å²) in [5.74, 6) is -1.15. The molecule has 0 unspecified atom stereocenters. The maximum absolute atomic E-state index is 14.1. The van der Waals surface area contributed by atoms with Crippen LogP contribution in [-0.2, 0) is 6.42 Å². The normalized spacial score (nSPS) is 12.0. The van der Waals surface area contributed by atoms with Crippen molar-refractivity contribution in [3.63, 3.8) is 0 Å². The lowest BCUT2D eigenvalue weighted by atomic mass is 10.0. The van der Waals surface area contributed by atoms with Crippen LogP contribution in [0, 0.1) is 5.82 Å². The Morgan fingerprint density at radius 2 is 1.78 bits per heavy atom. The molecule has 0 fully saturated rings. The number of fused-ring (bicyclic) bond motifs is 2. The number of carboxylic acids is 1. The molecule has 8 nitrogen and oxygen atoms in total. The molecule has 0 aliphatic carbocycles. The van der Waals surface area contributed by atoms with Crippen LogP contribution in [0.5, 0.6) is 0 Å². The predicted molar refractivity (Wildman–Crippen MR) is 152 cm³/mol. The Labute approximate surface area is 234 Å². The fourth-order valence-electron chi connectivity index (χ4n) is 4.85. The van der Waals surface area contributed by atoms with Crippen molar-refractivity contribution in [2.24, 2.45) is 0 Å². The van der Waals surface area contributed by atoms with Gasteiger partial charge in [-0.25, -0.2) is 24.1 Å². The van der Waals surface area contributed by atoms with Gasteiger partial charge >= 0.3 is 5.97 Å². The van der Waals surface area contributed by atoms with Crippen LogP contribution in [0.15, 0.2) is 97.3 Å². The summed E-state index contributed by atoms with van der Waals surface area (Å²) in [4.78, 5) is 38.7. The first-order valence-electron chi connectivity index (χ1n) is 13.0. The van der Waals surface area contributed by atoms with Gasteiger partial charge in [-0.2, -0.15) is 0 Å². The SMILES string of the molecule is C[C@H](NC(=O)c1cc(-c2cccc(F)c2)cc2cnc(Cc3ccc4cccnc4n3)n12)c1ccc(C(=O)O)cc1. The lowest BCUT2D eigenvalue weighted by Crippen LogP contribution is -2.28. The van der Waals surface area contributed by atoms with Crippen LogP contribution in [-0.4, -0.2) is 36.3 Å². The number of halogens is 1. The third-order valence-electron chi connectivity index (χ3n) is 6.96. The molecule has 0 aliphatic rings. The number of nitrogens with zero attached hydrogens (tertiary/aromatic N) is 4. The Balaban J connectivity index is 1.40. The highest BCUT2D eigenvalue weighted by atomic mass is 19.1. The standard InChI is InChI=1S/C32H24FN5O3/c1-19(20-7-9-22(10-8-20)32(40)41)36-31(39)28-16-24(23-4-2-6-25(33)14-23)15-27-18-35-29(38(27)28)17-26-12-11-21-5-3-13-34-30(21)37-26/h2-16,18-19H,17H2,1H3,(H,36,39)(H,40,41)/t19-/m0/s1. The summed E-state index contributed by atoms with van der Waals surface area (Å²) in [6.07, 6.45) is 3.73. The maximum Gasteiger partial charge on any atom is 0.335 e. The van der Waals surface area contributed by atoms with E-state index >= 15 is 0 Å². The number of carbonyl (C=O) groups excluding carboxylic acids is 1. The molecule has 6 aromatic rings. The average molecular weight is 546 g/mol. The van der Waals surface area contributed by atoms with E-state index in [0.29, 0.717) is 40.2 Å². The monoisotopic (exact) mass is 545 g/mol. The third kappa shape index (κ3) is 5.25. The van der Waals surface area contributed by atoms with Gasteiger partial charge in [0.2, 0.25) is 0 Å². The number of aromatic carboxylic acids is 1. The molecule has 4 aromatic heterocycles. The number of pyridine rings is 3. The van der Waals surface area contributed by atoms with E-state index in [1.165, 1.54) is 24.3 Å². The second-order valence-corrected chi connectivity index (χ2v) is 9.73. The molecule has 4 heterocycles. The average Bonchev–Trinajstić information content (AvgIpc) is 3.39. The van der Waals surface area contributed by atoms with Crippen LogP contribution >= 0.6 is 0 Å². The van der Waals surface area contributed by atoms with Crippen LogP contribution in [0.2, 0.25) is 0 Å². The first-order chi connectivity index (χ1) is 19.9. The molecule has 0 saturated heterocycles. The number of amides is 1. The fraction of sp³-hybridized carbons (Fsp3) is 0.0938. The molecule has 0 spiro atoms. The second kappa shape index (κ2) is 10.6. The molecular formula is C32H24FN5O3. The number of hydrogen-bond acceptors (Lipinski definition) is 5. The highest BCUT2D eigenvalue weighted by Gasteiger charge is 2.20. The summed E-state index contributed by atoms with van der Waals surface area (Å²) in [5, 5.41) is 13.1. The van der Waals surface area contributed by atoms with E-state index in [0.717, 1.165) is 16.6 Å². The Morgan fingerprint density at radius 3 is 2.56 bits per heavy atom. The highest BCUT2D eigenvalue weighted by molar-refractivity contribution is 5.95.